The lowest BCUT2D eigenvalue weighted by atomic mass is 10.1. The molecule has 0 N–H and O–H groups in total. The fourth-order valence-electron chi connectivity index (χ4n) is 2.31. The number of benzene rings is 1. The topological polar surface area (TPSA) is 38.8 Å². The van der Waals surface area contributed by atoms with Crippen LogP contribution in [0.25, 0.3) is 0 Å². The Morgan fingerprint density at radius 1 is 1.23 bits per heavy atom. The number of thiophene rings is 1. The van der Waals surface area contributed by atoms with Gasteiger partial charge < -0.3 is 14.4 Å². The van der Waals surface area contributed by atoms with Crippen molar-refractivity contribution < 1.29 is 14.3 Å². The Morgan fingerprint density at radius 2 is 1.86 bits per heavy atom. The van der Waals surface area contributed by atoms with Crippen molar-refractivity contribution in [1.82, 2.24) is 4.90 Å². The highest BCUT2D eigenvalue weighted by molar-refractivity contribution is 7.09. The standard InChI is InChI=1S/C17H21NO3S/c1-5-18(11-14-7-6-8-22-14)17(19)13-9-15(20-3)12(2)16(10-13)21-4/h6-10H,5,11H2,1-4H3. The zero-order chi connectivity index (χ0) is 16.1. The summed E-state index contributed by atoms with van der Waals surface area (Å²) in [5, 5.41) is 2.02. The van der Waals surface area contributed by atoms with Gasteiger partial charge in [-0.1, -0.05) is 6.07 Å². The summed E-state index contributed by atoms with van der Waals surface area (Å²) in [7, 11) is 3.19. The van der Waals surface area contributed by atoms with E-state index >= 15 is 0 Å². The molecule has 0 aliphatic rings. The molecule has 0 atom stereocenters. The van der Waals surface area contributed by atoms with E-state index in [1.165, 1.54) is 4.88 Å². The summed E-state index contributed by atoms with van der Waals surface area (Å²) in [5.74, 6) is 1.30. The molecule has 2 rings (SSSR count). The number of hydrogen-bond acceptors (Lipinski definition) is 4. The van der Waals surface area contributed by atoms with E-state index in [2.05, 4.69) is 0 Å². The largest absolute Gasteiger partial charge is 0.496 e. The van der Waals surface area contributed by atoms with E-state index in [0.717, 1.165) is 5.56 Å². The van der Waals surface area contributed by atoms with Crippen molar-refractivity contribution in [2.45, 2.75) is 20.4 Å². The van der Waals surface area contributed by atoms with Gasteiger partial charge in [-0.2, -0.15) is 0 Å². The summed E-state index contributed by atoms with van der Waals surface area (Å²) in [6.45, 7) is 5.16. The molecule has 0 aliphatic heterocycles. The van der Waals surface area contributed by atoms with Crippen molar-refractivity contribution in [3.8, 4) is 11.5 Å². The third kappa shape index (κ3) is 3.42. The Bertz CT molecular complexity index is 612. The van der Waals surface area contributed by atoms with Gasteiger partial charge in [-0.3, -0.25) is 4.79 Å². The average Bonchev–Trinajstić information content (AvgIpc) is 3.05. The second kappa shape index (κ2) is 7.31. The van der Waals surface area contributed by atoms with Gasteiger partial charge in [0.05, 0.1) is 20.8 Å². The molecule has 0 saturated heterocycles. The van der Waals surface area contributed by atoms with Crippen LogP contribution >= 0.6 is 11.3 Å². The zero-order valence-corrected chi connectivity index (χ0v) is 14.2. The van der Waals surface area contributed by atoms with E-state index in [1.54, 1.807) is 37.7 Å². The summed E-state index contributed by atoms with van der Waals surface area (Å²) >= 11 is 1.65. The molecule has 0 spiro atoms. The monoisotopic (exact) mass is 319 g/mol. The van der Waals surface area contributed by atoms with Crippen molar-refractivity contribution >= 4 is 17.2 Å². The number of carbonyl (C=O) groups is 1. The van der Waals surface area contributed by atoms with Gasteiger partial charge in [0.2, 0.25) is 0 Å². The Kier molecular flexibility index (Phi) is 5.44. The number of ether oxygens (including phenoxy) is 2. The number of methoxy groups -OCH3 is 2. The van der Waals surface area contributed by atoms with Crippen molar-refractivity contribution in [3.05, 3.63) is 45.6 Å². The average molecular weight is 319 g/mol. The van der Waals surface area contributed by atoms with Gasteiger partial charge in [0.15, 0.2) is 0 Å². The van der Waals surface area contributed by atoms with E-state index in [9.17, 15) is 4.79 Å². The third-order valence-electron chi connectivity index (χ3n) is 3.59. The van der Waals surface area contributed by atoms with Crippen LogP contribution in [0, 0.1) is 6.92 Å². The predicted octanol–water partition coefficient (Wildman–Crippen LogP) is 3.74. The molecule has 1 amide bonds. The minimum Gasteiger partial charge on any atom is -0.496 e. The lowest BCUT2D eigenvalue weighted by Gasteiger charge is -2.21. The minimum atomic E-state index is -0.0208. The Hall–Kier alpha value is -2.01. The molecule has 1 aromatic carbocycles. The molecule has 1 heterocycles. The first-order chi connectivity index (χ1) is 10.6. The van der Waals surface area contributed by atoms with Crippen LogP contribution in [0.4, 0.5) is 0 Å². The van der Waals surface area contributed by atoms with Crippen LogP contribution in [0.3, 0.4) is 0 Å². The number of rotatable bonds is 6. The second-order valence-electron chi connectivity index (χ2n) is 4.90. The maximum absolute atomic E-state index is 12.8. The van der Waals surface area contributed by atoms with E-state index in [0.29, 0.717) is 30.2 Å². The van der Waals surface area contributed by atoms with E-state index in [1.807, 2.05) is 36.3 Å². The quantitative estimate of drug-likeness (QED) is 0.814. The van der Waals surface area contributed by atoms with Crippen LogP contribution < -0.4 is 9.47 Å². The summed E-state index contributed by atoms with van der Waals surface area (Å²) < 4.78 is 10.7. The van der Waals surface area contributed by atoms with Gasteiger partial charge in [-0.25, -0.2) is 0 Å². The van der Waals surface area contributed by atoms with Crippen LogP contribution in [0.5, 0.6) is 11.5 Å². The van der Waals surface area contributed by atoms with Gasteiger partial charge >= 0.3 is 0 Å². The first-order valence-corrected chi connectivity index (χ1v) is 8.03. The maximum Gasteiger partial charge on any atom is 0.254 e. The van der Waals surface area contributed by atoms with Gasteiger partial charge in [-0.15, -0.1) is 11.3 Å². The van der Waals surface area contributed by atoms with E-state index < -0.39 is 0 Å². The Balaban J connectivity index is 2.30. The Morgan fingerprint density at radius 3 is 2.32 bits per heavy atom. The highest BCUT2D eigenvalue weighted by Gasteiger charge is 2.18. The molecule has 0 unspecified atom stereocenters. The van der Waals surface area contributed by atoms with Crippen LogP contribution in [-0.4, -0.2) is 31.6 Å². The van der Waals surface area contributed by atoms with Crippen molar-refractivity contribution in [2.75, 3.05) is 20.8 Å². The highest BCUT2D eigenvalue weighted by atomic mass is 32.1. The zero-order valence-electron chi connectivity index (χ0n) is 13.4. The fourth-order valence-corrected chi connectivity index (χ4v) is 3.03. The summed E-state index contributed by atoms with van der Waals surface area (Å²) in [6.07, 6.45) is 0. The van der Waals surface area contributed by atoms with Crippen molar-refractivity contribution in [2.24, 2.45) is 0 Å². The van der Waals surface area contributed by atoms with Gasteiger partial charge in [0, 0.05) is 22.5 Å². The maximum atomic E-state index is 12.8. The predicted molar refractivity (Wildman–Crippen MR) is 89.0 cm³/mol. The minimum absolute atomic E-state index is 0.0208. The lowest BCUT2D eigenvalue weighted by Crippen LogP contribution is -2.30. The van der Waals surface area contributed by atoms with Crippen LogP contribution in [0.1, 0.15) is 27.7 Å². The van der Waals surface area contributed by atoms with Crippen LogP contribution in [-0.2, 0) is 6.54 Å². The van der Waals surface area contributed by atoms with E-state index in [-0.39, 0.29) is 5.91 Å². The Labute approximate surface area is 135 Å². The molecule has 118 valence electrons. The summed E-state index contributed by atoms with van der Waals surface area (Å²) in [4.78, 5) is 15.8. The number of amides is 1. The smallest absolute Gasteiger partial charge is 0.254 e. The first-order valence-electron chi connectivity index (χ1n) is 7.15. The van der Waals surface area contributed by atoms with Crippen molar-refractivity contribution in [3.63, 3.8) is 0 Å². The number of carbonyl (C=O) groups excluding carboxylic acids is 1. The molecule has 0 radical (unpaired) electrons. The van der Waals surface area contributed by atoms with Gasteiger partial charge in [-0.05, 0) is 37.4 Å². The molecule has 5 heteroatoms. The second-order valence-corrected chi connectivity index (χ2v) is 5.94. The number of nitrogens with zero attached hydrogens (tertiary/aromatic N) is 1. The van der Waals surface area contributed by atoms with Crippen LogP contribution in [0.2, 0.25) is 0 Å². The molecule has 0 saturated carbocycles. The molecular weight excluding hydrogens is 298 g/mol. The SMILES string of the molecule is CCN(Cc1cccs1)C(=O)c1cc(OC)c(C)c(OC)c1. The third-order valence-corrected chi connectivity index (χ3v) is 4.46. The van der Waals surface area contributed by atoms with E-state index in [4.69, 9.17) is 9.47 Å². The molecule has 0 aliphatic carbocycles. The number of hydrogen-bond donors (Lipinski definition) is 0. The molecule has 22 heavy (non-hydrogen) atoms. The highest BCUT2D eigenvalue weighted by Crippen LogP contribution is 2.30. The van der Waals surface area contributed by atoms with Crippen LogP contribution in [0.15, 0.2) is 29.6 Å². The molecule has 0 fully saturated rings. The van der Waals surface area contributed by atoms with Crippen molar-refractivity contribution in [1.29, 1.82) is 0 Å². The molecular formula is C17H21NO3S. The van der Waals surface area contributed by atoms with Gasteiger partial charge in [0.1, 0.15) is 11.5 Å². The molecule has 2 aromatic rings. The molecule has 0 bridgehead atoms. The first kappa shape index (κ1) is 16.4. The molecule has 4 nitrogen and oxygen atoms in total. The lowest BCUT2D eigenvalue weighted by molar-refractivity contribution is 0.0753. The summed E-state index contributed by atoms with van der Waals surface area (Å²) in [5.41, 5.74) is 1.47. The fraction of sp³-hybridized carbons (Fsp3) is 0.353. The normalized spacial score (nSPS) is 10.4. The molecule has 1 aromatic heterocycles. The van der Waals surface area contributed by atoms with Gasteiger partial charge in [0.25, 0.3) is 5.91 Å². The summed E-state index contributed by atoms with van der Waals surface area (Å²) in [6, 6.07) is 7.59.